The summed E-state index contributed by atoms with van der Waals surface area (Å²) in [6, 6.07) is 9.58. The number of hydrogen-bond acceptors (Lipinski definition) is 4. The third-order valence-corrected chi connectivity index (χ3v) is 5.59. The Balaban J connectivity index is 1.35. The number of carbonyl (C=O) groups excluding carboxylic acids is 2. The van der Waals surface area contributed by atoms with Crippen molar-refractivity contribution in [3.05, 3.63) is 52.5 Å². The maximum absolute atomic E-state index is 12.8. The zero-order valence-corrected chi connectivity index (χ0v) is 15.2. The third-order valence-electron chi connectivity index (χ3n) is 4.56. The second-order valence-electron chi connectivity index (χ2n) is 6.35. The molecule has 26 heavy (non-hydrogen) atoms. The van der Waals surface area contributed by atoms with Crippen LogP contribution in [-0.4, -0.2) is 42.9 Å². The molecule has 1 aliphatic heterocycles. The van der Waals surface area contributed by atoms with Gasteiger partial charge in [-0.3, -0.25) is 9.59 Å². The molecule has 0 atom stereocenters. The summed E-state index contributed by atoms with van der Waals surface area (Å²) in [5.41, 5.74) is 0.391. The monoisotopic (exact) mass is 375 g/mol. The van der Waals surface area contributed by atoms with Gasteiger partial charge in [-0.05, 0) is 67.6 Å². The van der Waals surface area contributed by atoms with Crippen molar-refractivity contribution in [1.82, 2.24) is 10.2 Å². The Hall–Kier alpha value is -2.25. The summed E-state index contributed by atoms with van der Waals surface area (Å²) in [6.07, 6.45) is 2.25. The molecule has 138 valence electrons. The van der Waals surface area contributed by atoms with Crippen molar-refractivity contribution < 1.29 is 14.0 Å². The molecule has 2 aromatic rings. The molecule has 5 nitrogen and oxygen atoms in total. The first kappa shape index (κ1) is 18.5. The number of halogens is 1. The van der Waals surface area contributed by atoms with Crippen molar-refractivity contribution in [3.63, 3.8) is 0 Å². The summed E-state index contributed by atoms with van der Waals surface area (Å²) in [7, 11) is 0. The predicted octanol–water partition coefficient (Wildman–Crippen LogP) is 2.82. The summed E-state index contributed by atoms with van der Waals surface area (Å²) in [5, 5.41) is 7.20. The van der Waals surface area contributed by atoms with E-state index in [1.54, 1.807) is 0 Å². The fraction of sp³-hybridized carbons (Fsp3) is 0.368. The smallest absolute Gasteiger partial charge is 0.313 e. The van der Waals surface area contributed by atoms with E-state index < -0.39 is 17.6 Å². The van der Waals surface area contributed by atoms with Crippen LogP contribution >= 0.6 is 11.3 Å². The first-order valence-corrected chi connectivity index (χ1v) is 9.60. The quantitative estimate of drug-likeness (QED) is 0.790. The van der Waals surface area contributed by atoms with Crippen LogP contribution in [0.15, 0.2) is 41.8 Å². The van der Waals surface area contributed by atoms with Crippen molar-refractivity contribution in [3.8, 4) is 0 Å². The Labute approximate surface area is 156 Å². The van der Waals surface area contributed by atoms with E-state index in [9.17, 15) is 14.0 Å². The van der Waals surface area contributed by atoms with E-state index in [2.05, 4.69) is 33.0 Å². The molecule has 0 saturated carbocycles. The Morgan fingerprint density at radius 2 is 1.85 bits per heavy atom. The Bertz CT molecular complexity index is 726. The number of thiophene rings is 1. The summed E-state index contributed by atoms with van der Waals surface area (Å²) in [5.74, 6) is -1.17. The molecular weight excluding hydrogens is 353 g/mol. The number of piperidine rings is 1. The van der Waals surface area contributed by atoms with Gasteiger partial charge in [-0.1, -0.05) is 6.07 Å². The number of carbonyl (C=O) groups is 2. The fourth-order valence-corrected chi connectivity index (χ4v) is 3.99. The highest BCUT2D eigenvalue weighted by molar-refractivity contribution is 7.10. The number of nitrogens with one attached hydrogen (secondary N) is 2. The van der Waals surface area contributed by atoms with Gasteiger partial charge < -0.3 is 15.5 Å². The van der Waals surface area contributed by atoms with Gasteiger partial charge in [-0.15, -0.1) is 11.3 Å². The van der Waals surface area contributed by atoms with E-state index in [0.29, 0.717) is 18.2 Å². The van der Waals surface area contributed by atoms with Gasteiger partial charge >= 0.3 is 11.8 Å². The second-order valence-corrected chi connectivity index (χ2v) is 7.33. The molecule has 2 amide bonds. The van der Waals surface area contributed by atoms with Gasteiger partial charge in [0.1, 0.15) is 5.82 Å². The predicted molar refractivity (Wildman–Crippen MR) is 101 cm³/mol. The van der Waals surface area contributed by atoms with Crippen LogP contribution in [-0.2, 0) is 9.59 Å². The van der Waals surface area contributed by atoms with Crippen LogP contribution in [0.4, 0.5) is 10.1 Å². The standard InChI is InChI=1S/C19H22FN3O2S/c20-15-3-5-16(6-4-15)22-19(25)18(24)21-9-12-23-10-7-14(8-11-23)17-2-1-13-26-17/h1-6,13-14H,7-12H2,(H,21,24)(H,22,25). The minimum atomic E-state index is -0.743. The molecule has 2 N–H and O–H groups in total. The second kappa shape index (κ2) is 8.91. The molecule has 2 heterocycles. The van der Waals surface area contributed by atoms with Gasteiger partial charge in [0.05, 0.1) is 0 Å². The van der Waals surface area contributed by atoms with Crippen LogP contribution < -0.4 is 10.6 Å². The summed E-state index contributed by atoms with van der Waals surface area (Å²) < 4.78 is 12.8. The largest absolute Gasteiger partial charge is 0.347 e. The van der Waals surface area contributed by atoms with E-state index in [-0.39, 0.29) is 0 Å². The van der Waals surface area contributed by atoms with Crippen molar-refractivity contribution in [2.24, 2.45) is 0 Å². The van der Waals surface area contributed by atoms with Crippen LogP contribution in [0.5, 0.6) is 0 Å². The molecule has 1 aromatic carbocycles. The molecule has 0 radical (unpaired) electrons. The fourth-order valence-electron chi connectivity index (χ4n) is 3.09. The molecule has 7 heteroatoms. The Morgan fingerprint density at radius 1 is 1.12 bits per heavy atom. The highest BCUT2D eigenvalue weighted by Crippen LogP contribution is 2.30. The molecule has 1 fully saturated rings. The van der Waals surface area contributed by atoms with Crippen LogP contribution in [0.3, 0.4) is 0 Å². The van der Waals surface area contributed by atoms with Crippen LogP contribution in [0.2, 0.25) is 0 Å². The van der Waals surface area contributed by atoms with Crippen LogP contribution in [0, 0.1) is 5.82 Å². The van der Waals surface area contributed by atoms with E-state index in [1.165, 1.54) is 29.1 Å². The van der Waals surface area contributed by atoms with Gasteiger partial charge in [0.2, 0.25) is 0 Å². The topological polar surface area (TPSA) is 61.4 Å². The first-order valence-electron chi connectivity index (χ1n) is 8.72. The van der Waals surface area contributed by atoms with Gasteiger partial charge in [0.15, 0.2) is 0 Å². The van der Waals surface area contributed by atoms with E-state index in [0.717, 1.165) is 32.5 Å². The van der Waals surface area contributed by atoms with Crippen molar-refractivity contribution in [1.29, 1.82) is 0 Å². The van der Waals surface area contributed by atoms with Crippen molar-refractivity contribution in [2.75, 3.05) is 31.5 Å². The zero-order chi connectivity index (χ0) is 18.4. The molecule has 0 bridgehead atoms. The van der Waals surface area contributed by atoms with Gasteiger partial charge in [-0.25, -0.2) is 4.39 Å². The lowest BCUT2D eigenvalue weighted by atomic mass is 9.95. The zero-order valence-electron chi connectivity index (χ0n) is 14.4. The normalized spacial score (nSPS) is 15.6. The average molecular weight is 375 g/mol. The molecule has 3 rings (SSSR count). The summed E-state index contributed by atoms with van der Waals surface area (Å²) in [4.78, 5) is 27.4. The lowest BCUT2D eigenvalue weighted by Gasteiger charge is -2.31. The van der Waals surface area contributed by atoms with Crippen LogP contribution in [0.25, 0.3) is 0 Å². The highest BCUT2D eigenvalue weighted by Gasteiger charge is 2.21. The number of likely N-dealkylation sites (tertiary alicyclic amines) is 1. The third kappa shape index (κ3) is 5.12. The van der Waals surface area contributed by atoms with Crippen LogP contribution in [0.1, 0.15) is 23.6 Å². The number of benzene rings is 1. The average Bonchev–Trinajstić information content (AvgIpc) is 3.19. The van der Waals surface area contributed by atoms with E-state index in [4.69, 9.17) is 0 Å². The van der Waals surface area contributed by atoms with Crippen molar-refractivity contribution in [2.45, 2.75) is 18.8 Å². The Kier molecular flexibility index (Phi) is 6.35. The molecule has 1 aliphatic rings. The van der Waals surface area contributed by atoms with Gasteiger partial charge in [-0.2, -0.15) is 0 Å². The maximum atomic E-state index is 12.8. The number of anilines is 1. The molecule has 1 aromatic heterocycles. The van der Waals surface area contributed by atoms with Gasteiger partial charge in [0, 0.05) is 23.7 Å². The first-order chi connectivity index (χ1) is 12.6. The van der Waals surface area contributed by atoms with Crippen molar-refractivity contribution >= 4 is 28.8 Å². The number of amides is 2. The number of hydrogen-bond donors (Lipinski definition) is 2. The Morgan fingerprint density at radius 3 is 2.50 bits per heavy atom. The lowest BCUT2D eigenvalue weighted by Crippen LogP contribution is -2.42. The molecule has 0 spiro atoms. The summed E-state index contributed by atoms with van der Waals surface area (Å²) >= 11 is 1.82. The molecular formula is C19H22FN3O2S. The summed E-state index contributed by atoms with van der Waals surface area (Å²) in [6.45, 7) is 3.16. The maximum Gasteiger partial charge on any atom is 0.313 e. The lowest BCUT2D eigenvalue weighted by molar-refractivity contribution is -0.136. The molecule has 0 aliphatic carbocycles. The van der Waals surface area contributed by atoms with E-state index >= 15 is 0 Å². The minimum absolute atomic E-state index is 0.391. The minimum Gasteiger partial charge on any atom is -0.347 e. The number of rotatable bonds is 5. The highest BCUT2D eigenvalue weighted by atomic mass is 32.1. The molecule has 1 saturated heterocycles. The SMILES string of the molecule is O=C(NCCN1CCC(c2cccs2)CC1)C(=O)Nc1ccc(F)cc1. The number of nitrogens with zero attached hydrogens (tertiary/aromatic N) is 1. The molecule has 0 unspecified atom stereocenters. The van der Waals surface area contributed by atoms with E-state index in [1.807, 2.05) is 11.3 Å². The van der Waals surface area contributed by atoms with Gasteiger partial charge in [0.25, 0.3) is 0 Å².